The normalized spacial score (nSPS) is 16.0. The molecule has 0 rings (SSSR count). The van der Waals surface area contributed by atoms with E-state index in [1.807, 2.05) is 20.8 Å². The van der Waals surface area contributed by atoms with Gasteiger partial charge in [0.05, 0.1) is 0 Å². The van der Waals surface area contributed by atoms with Crippen LogP contribution in [0.2, 0.25) is 0 Å². The first-order valence-electron chi connectivity index (χ1n) is 5.42. The molecule has 0 fully saturated rings. The molecule has 0 spiro atoms. The SMILES string of the molecule is CCCCC(C=O)(CC)C(C)(C)C=O. The van der Waals surface area contributed by atoms with E-state index in [4.69, 9.17) is 0 Å². The smallest absolute Gasteiger partial charge is 0.127 e. The van der Waals surface area contributed by atoms with E-state index in [1.54, 1.807) is 0 Å². The van der Waals surface area contributed by atoms with Crippen LogP contribution in [0, 0.1) is 10.8 Å². The van der Waals surface area contributed by atoms with Gasteiger partial charge in [-0.15, -0.1) is 0 Å². The van der Waals surface area contributed by atoms with E-state index in [0.717, 1.165) is 38.3 Å². The zero-order chi connectivity index (χ0) is 11.2. The third-order valence-corrected chi connectivity index (χ3v) is 3.41. The van der Waals surface area contributed by atoms with Crippen molar-refractivity contribution in [1.82, 2.24) is 0 Å². The fraction of sp³-hybridized carbons (Fsp3) is 0.833. The highest BCUT2D eigenvalue weighted by Gasteiger charge is 2.42. The molecule has 0 aromatic rings. The van der Waals surface area contributed by atoms with Crippen molar-refractivity contribution in [2.45, 2.75) is 53.4 Å². The fourth-order valence-corrected chi connectivity index (χ4v) is 1.86. The van der Waals surface area contributed by atoms with Crippen molar-refractivity contribution in [2.75, 3.05) is 0 Å². The lowest BCUT2D eigenvalue weighted by Gasteiger charge is -2.38. The molecule has 0 aliphatic carbocycles. The van der Waals surface area contributed by atoms with Gasteiger partial charge in [-0.1, -0.05) is 40.5 Å². The molecule has 2 nitrogen and oxygen atoms in total. The van der Waals surface area contributed by atoms with E-state index >= 15 is 0 Å². The van der Waals surface area contributed by atoms with Crippen molar-refractivity contribution in [3.8, 4) is 0 Å². The van der Waals surface area contributed by atoms with Crippen molar-refractivity contribution in [2.24, 2.45) is 10.8 Å². The van der Waals surface area contributed by atoms with Crippen LogP contribution in [0.25, 0.3) is 0 Å². The molecule has 1 atom stereocenters. The van der Waals surface area contributed by atoms with Crippen LogP contribution >= 0.6 is 0 Å². The van der Waals surface area contributed by atoms with E-state index in [1.165, 1.54) is 0 Å². The van der Waals surface area contributed by atoms with Crippen LogP contribution in [0.1, 0.15) is 53.4 Å². The van der Waals surface area contributed by atoms with Gasteiger partial charge in [-0.05, 0) is 12.8 Å². The van der Waals surface area contributed by atoms with Crippen molar-refractivity contribution >= 4 is 12.6 Å². The average Bonchev–Trinajstić information content (AvgIpc) is 2.20. The minimum absolute atomic E-state index is 0.467. The van der Waals surface area contributed by atoms with Crippen molar-refractivity contribution in [3.63, 3.8) is 0 Å². The fourth-order valence-electron chi connectivity index (χ4n) is 1.86. The van der Waals surface area contributed by atoms with Gasteiger partial charge in [0.25, 0.3) is 0 Å². The molecule has 0 aromatic carbocycles. The second-order valence-corrected chi connectivity index (χ2v) is 4.57. The summed E-state index contributed by atoms with van der Waals surface area (Å²) < 4.78 is 0. The van der Waals surface area contributed by atoms with Crippen LogP contribution < -0.4 is 0 Å². The van der Waals surface area contributed by atoms with E-state index in [0.29, 0.717) is 0 Å². The molecule has 0 bridgehead atoms. The predicted octanol–water partition coefficient (Wildman–Crippen LogP) is 3.00. The first-order valence-corrected chi connectivity index (χ1v) is 5.42. The largest absolute Gasteiger partial charge is 0.303 e. The summed E-state index contributed by atoms with van der Waals surface area (Å²) in [5.74, 6) is 0. The first-order chi connectivity index (χ1) is 6.49. The Morgan fingerprint density at radius 3 is 1.93 bits per heavy atom. The van der Waals surface area contributed by atoms with E-state index in [2.05, 4.69) is 6.92 Å². The second-order valence-electron chi connectivity index (χ2n) is 4.57. The average molecular weight is 198 g/mol. The summed E-state index contributed by atoms with van der Waals surface area (Å²) in [7, 11) is 0. The second kappa shape index (κ2) is 5.28. The standard InChI is InChI=1S/C12H22O2/c1-5-7-8-12(6-2,10-14)11(3,4)9-13/h9-10H,5-8H2,1-4H3. The van der Waals surface area contributed by atoms with Crippen LogP contribution in [0.5, 0.6) is 0 Å². The summed E-state index contributed by atoms with van der Waals surface area (Å²) in [5, 5.41) is 0. The maximum Gasteiger partial charge on any atom is 0.127 e. The Hall–Kier alpha value is -0.660. The Bertz CT molecular complexity index is 196. The maximum absolute atomic E-state index is 11.2. The van der Waals surface area contributed by atoms with E-state index < -0.39 is 10.8 Å². The lowest BCUT2D eigenvalue weighted by molar-refractivity contribution is -0.133. The predicted molar refractivity (Wildman–Crippen MR) is 58.2 cm³/mol. The summed E-state index contributed by atoms with van der Waals surface area (Å²) >= 11 is 0. The number of rotatable bonds is 7. The van der Waals surface area contributed by atoms with E-state index in [-0.39, 0.29) is 0 Å². The van der Waals surface area contributed by atoms with E-state index in [9.17, 15) is 9.59 Å². The molecule has 0 aliphatic rings. The molecular formula is C12H22O2. The molecule has 0 aliphatic heterocycles. The highest BCUT2D eigenvalue weighted by atomic mass is 16.1. The maximum atomic E-state index is 11.2. The Morgan fingerprint density at radius 2 is 1.64 bits per heavy atom. The summed E-state index contributed by atoms with van der Waals surface area (Å²) in [6, 6.07) is 0. The van der Waals surface area contributed by atoms with Crippen LogP contribution in [-0.4, -0.2) is 12.6 Å². The number of carbonyl (C=O) groups is 2. The monoisotopic (exact) mass is 198 g/mol. The number of unbranched alkanes of at least 4 members (excludes halogenated alkanes) is 1. The summed E-state index contributed by atoms with van der Waals surface area (Å²) in [4.78, 5) is 22.2. The molecule has 0 saturated heterocycles. The number of hydrogen-bond acceptors (Lipinski definition) is 2. The van der Waals surface area contributed by atoms with Crippen LogP contribution in [0.3, 0.4) is 0 Å². The lowest BCUT2D eigenvalue weighted by atomic mass is 9.63. The van der Waals surface area contributed by atoms with Gasteiger partial charge in [0.1, 0.15) is 12.6 Å². The van der Waals surface area contributed by atoms with Gasteiger partial charge in [-0.2, -0.15) is 0 Å². The van der Waals surface area contributed by atoms with Gasteiger partial charge >= 0.3 is 0 Å². The van der Waals surface area contributed by atoms with Crippen LogP contribution in [0.4, 0.5) is 0 Å². The molecule has 0 amide bonds. The Kier molecular flexibility index (Phi) is 5.03. The summed E-state index contributed by atoms with van der Waals surface area (Å²) in [5.41, 5.74) is -1.01. The first kappa shape index (κ1) is 13.3. The minimum atomic E-state index is -0.543. The molecule has 82 valence electrons. The van der Waals surface area contributed by atoms with Gasteiger partial charge in [-0.25, -0.2) is 0 Å². The quantitative estimate of drug-likeness (QED) is 0.589. The molecule has 0 aromatic heterocycles. The highest BCUT2D eigenvalue weighted by molar-refractivity contribution is 5.72. The Balaban J connectivity index is 4.85. The molecule has 14 heavy (non-hydrogen) atoms. The van der Waals surface area contributed by atoms with Crippen LogP contribution in [0.15, 0.2) is 0 Å². The summed E-state index contributed by atoms with van der Waals surface area (Å²) in [6.07, 6.45) is 5.52. The molecular weight excluding hydrogens is 176 g/mol. The Morgan fingerprint density at radius 1 is 1.07 bits per heavy atom. The number of hydrogen-bond donors (Lipinski definition) is 0. The third kappa shape index (κ3) is 2.43. The van der Waals surface area contributed by atoms with Crippen molar-refractivity contribution in [3.05, 3.63) is 0 Å². The zero-order valence-corrected chi connectivity index (χ0v) is 9.80. The third-order valence-electron chi connectivity index (χ3n) is 3.41. The number of aldehydes is 2. The summed E-state index contributed by atoms with van der Waals surface area (Å²) in [6.45, 7) is 7.79. The zero-order valence-electron chi connectivity index (χ0n) is 9.80. The lowest BCUT2D eigenvalue weighted by Crippen LogP contribution is -2.40. The highest BCUT2D eigenvalue weighted by Crippen LogP contribution is 2.42. The van der Waals surface area contributed by atoms with Gasteiger partial charge in [0.2, 0.25) is 0 Å². The minimum Gasteiger partial charge on any atom is -0.303 e. The topological polar surface area (TPSA) is 34.1 Å². The van der Waals surface area contributed by atoms with Gasteiger partial charge in [0, 0.05) is 10.8 Å². The molecule has 2 heteroatoms. The van der Waals surface area contributed by atoms with Crippen molar-refractivity contribution < 1.29 is 9.59 Å². The molecule has 0 N–H and O–H groups in total. The van der Waals surface area contributed by atoms with Gasteiger partial charge < -0.3 is 9.59 Å². The number of carbonyl (C=O) groups excluding carboxylic acids is 2. The molecule has 1 unspecified atom stereocenters. The van der Waals surface area contributed by atoms with Gasteiger partial charge in [0.15, 0.2) is 0 Å². The molecule has 0 radical (unpaired) electrons. The van der Waals surface area contributed by atoms with Crippen LogP contribution in [-0.2, 0) is 9.59 Å². The Labute approximate surface area is 87.1 Å². The van der Waals surface area contributed by atoms with Crippen molar-refractivity contribution in [1.29, 1.82) is 0 Å². The van der Waals surface area contributed by atoms with Gasteiger partial charge in [-0.3, -0.25) is 0 Å². The molecule has 0 heterocycles. The molecule has 0 saturated carbocycles.